The van der Waals surface area contributed by atoms with Crippen LogP contribution in [0.3, 0.4) is 0 Å². The van der Waals surface area contributed by atoms with Gasteiger partial charge >= 0.3 is 0 Å². The van der Waals surface area contributed by atoms with Gasteiger partial charge in [0.15, 0.2) is 0 Å². The average molecular weight is 336 g/mol. The van der Waals surface area contributed by atoms with Crippen molar-refractivity contribution in [2.24, 2.45) is 0 Å². The van der Waals surface area contributed by atoms with Gasteiger partial charge in [0.25, 0.3) is 5.91 Å². The molecule has 2 aromatic carbocycles. The van der Waals surface area contributed by atoms with Gasteiger partial charge in [-0.2, -0.15) is 0 Å². The molecule has 0 atom stereocenters. The number of imide groups is 1. The van der Waals surface area contributed by atoms with E-state index in [2.05, 4.69) is 5.32 Å². The number of carbonyl (C=O) groups is 3. The second kappa shape index (κ2) is 6.89. The third kappa shape index (κ3) is 3.60. The van der Waals surface area contributed by atoms with E-state index in [-0.39, 0.29) is 37.1 Å². The van der Waals surface area contributed by atoms with Crippen molar-refractivity contribution in [3.8, 4) is 0 Å². The number of amides is 3. The van der Waals surface area contributed by atoms with Crippen molar-refractivity contribution < 1.29 is 14.4 Å². The van der Waals surface area contributed by atoms with Crippen LogP contribution < -0.4 is 5.32 Å². The van der Waals surface area contributed by atoms with E-state index in [0.29, 0.717) is 5.56 Å². The molecule has 0 aliphatic carbocycles. The highest BCUT2D eigenvalue weighted by atomic mass is 16.2. The summed E-state index contributed by atoms with van der Waals surface area (Å²) in [7, 11) is 0. The minimum Gasteiger partial charge on any atom is -0.322 e. The second-order valence-corrected chi connectivity index (χ2v) is 6.29. The van der Waals surface area contributed by atoms with Crippen LogP contribution in [0.25, 0.3) is 0 Å². The second-order valence-electron chi connectivity index (χ2n) is 6.29. The molecule has 3 amide bonds. The van der Waals surface area contributed by atoms with Crippen molar-refractivity contribution in [3.05, 3.63) is 64.7 Å². The Labute approximate surface area is 146 Å². The molecule has 2 aromatic rings. The summed E-state index contributed by atoms with van der Waals surface area (Å²) >= 11 is 0. The summed E-state index contributed by atoms with van der Waals surface area (Å²) in [6.45, 7) is 4.17. The molecule has 5 heteroatoms. The van der Waals surface area contributed by atoms with E-state index in [1.165, 1.54) is 4.90 Å². The van der Waals surface area contributed by atoms with E-state index in [0.717, 1.165) is 22.4 Å². The number of hydrogen-bond acceptors (Lipinski definition) is 3. The van der Waals surface area contributed by atoms with Crippen molar-refractivity contribution in [2.45, 2.75) is 33.2 Å². The maximum absolute atomic E-state index is 12.4. The van der Waals surface area contributed by atoms with Gasteiger partial charge in [0.2, 0.25) is 11.8 Å². The zero-order valence-electron chi connectivity index (χ0n) is 14.3. The molecule has 1 aliphatic heterocycles. The largest absolute Gasteiger partial charge is 0.322 e. The summed E-state index contributed by atoms with van der Waals surface area (Å²) in [6, 6.07) is 12.8. The Morgan fingerprint density at radius 1 is 0.960 bits per heavy atom. The monoisotopic (exact) mass is 336 g/mol. The highest BCUT2D eigenvalue weighted by Gasteiger charge is 2.28. The number of para-hydroxylation sites is 1. The summed E-state index contributed by atoms with van der Waals surface area (Å²) in [5.41, 5.74) is 4.20. The average Bonchev–Trinajstić information content (AvgIpc) is 2.91. The van der Waals surface area contributed by atoms with Crippen LogP contribution in [0.2, 0.25) is 0 Å². The van der Waals surface area contributed by atoms with E-state index >= 15 is 0 Å². The van der Waals surface area contributed by atoms with Crippen LogP contribution in [0.4, 0.5) is 5.69 Å². The fraction of sp³-hybridized carbons (Fsp3) is 0.250. The third-order valence-corrected chi connectivity index (χ3v) is 4.43. The summed E-state index contributed by atoms with van der Waals surface area (Å²) in [6.07, 6.45) is 0.574. The van der Waals surface area contributed by atoms with Crippen LogP contribution in [-0.2, 0) is 16.1 Å². The fourth-order valence-electron chi connectivity index (χ4n) is 2.94. The number of nitrogens with zero attached hydrogens (tertiary/aromatic N) is 1. The van der Waals surface area contributed by atoms with Gasteiger partial charge in [-0.1, -0.05) is 30.3 Å². The first-order valence-electron chi connectivity index (χ1n) is 8.25. The number of hydrogen-bond donors (Lipinski definition) is 1. The highest BCUT2D eigenvalue weighted by molar-refractivity contribution is 6.05. The van der Waals surface area contributed by atoms with Crippen LogP contribution in [0.15, 0.2) is 42.5 Å². The Morgan fingerprint density at radius 2 is 1.52 bits per heavy atom. The summed E-state index contributed by atoms with van der Waals surface area (Å²) < 4.78 is 0. The Balaban J connectivity index is 1.70. The topological polar surface area (TPSA) is 66.5 Å². The first kappa shape index (κ1) is 16.9. The normalized spacial score (nSPS) is 14.1. The lowest BCUT2D eigenvalue weighted by Crippen LogP contribution is -2.28. The van der Waals surface area contributed by atoms with Gasteiger partial charge in [-0.05, 0) is 42.7 Å². The molecule has 0 bridgehead atoms. The van der Waals surface area contributed by atoms with E-state index in [1.54, 1.807) is 24.3 Å². The molecule has 1 heterocycles. The van der Waals surface area contributed by atoms with Crippen molar-refractivity contribution in [1.82, 2.24) is 4.90 Å². The summed E-state index contributed by atoms with van der Waals surface area (Å²) in [5, 5.41) is 2.94. The zero-order valence-corrected chi connectivity index (χ0v) is 14.3. The number of nitrogens with one attached hydrogen (secondary N) is 1. The third-order valence-electron chi connectivity index (χ3n) is 4.43. The maximum Gasteiger partial charge on any atom is 0.255 e. The smallest absolute Gasteiger partial charge is 0.255 e. The highest BCUT2D eigenvalue weighted by Crippen LogP contribution is 2.21. The standard InChI is InChI=1S/C20H20N2O3/c1-13-4-3-5-14(2)19(13)21-20(25)16-8-6-15(7-9-16)12-22-17(23)10-11-18(22)24/h3-9H,10-12H2,1-2H3,(H,21,25). The van der Waals surface area contributed by atoms with Crippen molar-refractivity contribution in [2.75, 3.05) is 5.32 Å². The van der Waals surface area contributed by atoms with Crippen molar-refractivity contribution in [3.63, 3.8) is 0 Å². The van der Waals surface area contributed by atoms with Gasteiger partial charge in [0.1, 0.15) is 0 Å². The minimum atomic E-state index is -0.183. The maximum atomic E-state index is 12.4. The van der Waals surface area contributed by atoms with E-state index in [9.17, 15) is 14.4 Å². The molecule has 3 rings (SSSR count). The molecular formula is C20H20N2O3. The number of aryl methyl sites for hydroxylation is 2. The lowest BCUT2D eigenvalue weighted by atomic mass is 10.1. The van der Waals surface area contributed by atoms with Crippen LogP contribution in [0, 0.1) is 13.8 Å². The SMILES string of the molecule is Cc1cccc(C)c1NC(=O)c1ccc(CN2C(=O)CCC2=O)cc1. The first-order valence-corrected chi connectivity index (χ1v) is 8.25. The summed E-state index contributed by atoms with van der Waals surface area (Å²) in [4.78, 5) is 37.1. The quantitative estimate of drug-likeness (QED) is 0.872. The van der Waals surface area contributed by atoms with Crippen molar-refractivity contribution >= 4 is 23.4 Å². The van der Waals surface area contributed by atoms with Gasteiger partial charge in [-0.25, -0.2) is 0 Å². The van der Waals surface area contributed by atoms with Gasteiger partial charge in [-0.15, -0.1) is 0 Å². The van der Waals surface area contributed by atoms with E-state index < -0.39 is 0 Å². The number of anilines is 1. The van der Waals surface area contributed by atoms with Crippen molar-refractivity contribution in [1.29, 1.82) is 0 Å². The van der Waals surface area contributed by atoms with Gasteiger partial charge in [0.05, 0.1) is 6.54 Å². The molecule has 1 aliphatic rings. The lowest BCUT2D eigenvalue weighted by molar-refractivity contribution is -0.139. The molecule has 0 radical (unpaired) electrons. The first-order chi connectivity index (χ1) is 12.0. The molecule has 5 nitrogen and oxygen atoms in total. The molecule has 1 saturated heterocycles. The van der Waals surface area contributed by atoms with Crippen LogP contribution >= 0.6 is 0 Å². The molecule has 1 N–H and O–H groups in total. The Bertz CT molecular complexity index is 804. The molecule has 0 spiro atoms. The number of likely N-dealkylation sites (tertiary alicyclic amines) is 1. The molecular weight excluding hydrogens is 316 g/mol. The Morgan fingerprint density at radius 3 is 2.08 bits per heavy atom. The molecule has 0 saturated carbocycles. The molecule has 128 valence electrons. The van der Waals surface area contributed by atoms with Crippen LogP contribution in [0.5, 0.6) is 0 Å². The van der Waals surface area contributed by atoms with E-state index in [4.69, 9.17) is 0 Å². The summed E-state index contributed by atoms with van der Waals surface area (Å²) in [5.74, 6) is -0.457. The lowest BCUT2D eigenvalue weighted by Gasteiger charge is -2.14. The molecule has 0 unspecified atom stereocenters. The predicted molar refractivity (Wildman–Crippen MR) is 95.1 cm³/mol. The number of rotatable bonds is 4. The van der Waals surface area contributed by atoms with Crippen LogP contribution in [0.1, 0.15) is 39.9 Å². The minimum absolute atomic E-state index is 0.137. The van der Waals surface area contributed by atoms with Gasteiger partial charge < -0.3 is 5.32 Å². The Kier molecular flexibility index (Phi) is 4.65. The van der Waals surface area contributed by atoms with E-state index in [1.807, 2.05) is 32.0 Å². The predicted octanol–water partition coefficient (Wildman–Crippen LogP) is 3.20. The molecule has 0 aromatic heterocycles. The fourth-order valence-corrected chi connectivity index (χ4v) is 2.94. The molecule has 1 fully saturated rings. The number of benzene rings is 2. The Hall–Kier alpha value is -2.95. The van der Waals surface area contributed by atoms with Gasteiger partial charge in [0, 0.05) is 24.1 Å². The zero-order chi connectivity index (χ0) is 18.0. The van der Waals surface area contributed by atoms with Gasteiger partial charge in [-0.3, -0.25) is 19.3 Å². The molecule has 25 heavy (non-hydrogen) atoms. The van der Waals surface area contributed by atoms with Crippen LogP contribution in [-0.4, -0.2) is 22.6 Å². The number of carbonyl (C=O) groups excluding carboxylic acids is 3.